The molecule has 4 aromatic rings. The standard InChI is InChI=1S/C27H23BrClN5O3S/c28-19-7-5-18(6-8-19)25-31-32-27(37-25)38-17-24(35)30-20-9-11-21(12-10-20)33-13-15-34(16-14-33)26(36)22-3-1-2-4-23(22)29/h1-12H,13-17H2,(H,30,35). The van der Waals surface area contributed by atoms with E-state index < -0.39 is 0 Å². The lowest BCUT2D eigenvalue weighted by molar-refractivity contribution is -0.113. The number of nitrogens with one attached hydrogen (secondary N) is 1. The minimum absolute atomic E-state index is 0.0451. The largest absolute Gasteiger partial charge is 0.411 e. The summed E-state index contributed by atoms with van der Waals surface area (Å²) >= 11 is 10.8. The van der Waals surface area contributed by atoms with Crippen molar-refractivity contribution in [2.45, 2.75) is 5.22 Å². The molecule has 5 rings (SSSR count). The fourth-order valence-corrected chi connectivity index (χ4v) is 5.07. The highest BCUT2D eigenvalue weighted by atomic mass is 79.9. The van der Waals surface area contributed by atoms with Crippen LogP contribution in [-0.4, -0.2) is 58.8 Å². The van der Waals surface area contributed by atoms with Crippen molar-refractivity contribution in [3.8, 4) is 11.5 Å². The van der Waals surface area contributed by atoms with Gasteiger partial charge in [0.1, 0.15) is 0 Å². The highest BCUT2D eigenvalue weighted by Gasteiger charge is 2.23. The lowest BCUT2D eigenvalue weighted by Gasteiger charge is -2.36. The van der Waals surface area contributed by atoms with Crippen molar-refractivity contribution < 1.29 is 14.0 Å². The number of hydrogen-bond donors (Lipinski definition) is 1. The number of nitrogens with zero attached hydrogens (tertiary/aromatic N) is 4. The van der Waals surface area contributed by atoms with Gasteiger partial charge in [-0.05, 0) is 60.7 Å². The molecule has 8 nitrogen and oxygen atoms in total. The number of amides is 2. The van der Waals surface area contributed by atoms with E-state index in [9.17, 15) is 9.59 Å². The average Bonchev–Trinajstić information content (AvgIpc) is 3.42. The van der Waals surface area contributed by atoms with E-state index in [4.69, 9.17) is 16.0 Å². The van der Waals surface area contributed by atoms with E-state index in [0.717, 1.165) is 15.7 Å². The zero-order chi connectivity index (χ0) is 26.5. The maximum atomic E-state index is 12.8. The number of halogens is 2. The van der Waals surface area contributed by atoms with Gasteiger partial charge in [-0.2, -0.15) is 0 Å². The molecule has 194 valence electrons. The van der Waals surface area contributed by atoms with Crippen LogP contribution in [0.5, 0.6) is 0 Å². The van der Waals surface area contributed by atoms with Crippen LogP contribution in [0.3, 0.4) is 0 Å². The Labute approximate surface area is 237 Å². The van der Waals surface area contributed by atoms with E-state index in [1.165, 1.54) is 11.8 Å². The smallest absolute Gasteiger partial charge is 0.277 e. The Hall–Kier alpha value is -3.34. The molecule has 1 fully saturated rings. The molecule has 0 bridgehead atoms. The molecule has 3 aromatic carbocycles. The first-order valence-electron chi connectivity index (χ1n) is 11.9. The third-order valence-electron chi connectivity index (χ3n) is 6.01. The topological polar surface area (TPSA) is 91.6 Å². The highest BCUT2D eigenvalue weighted by Crippen LogP contribution is 2.25. The van der Waals surface area contributed by atoms with Gasteiger partial charge in [0.05, 0.1) is 16.3 Å². The van der Waals surface area contributed by atoms with Crippen molar-refractivity contribution in [1.82, 2.24) is 15.1 Å². The van der Waals surface area contributed by atoms with Crippen LogP contribution in [0.2, 0.25) is 5.02 Å². The van der Waals surface area contributed by atoms with Crippen LogP contribution in [0.1, 0.15) is 10.4 Å². The maximum Gasteiger partial charge on any atom is 0.277 e. The minimum atomic E-state index is -0.169. The normalized spacial score (nSPS) is 13.4. The van der Waals surface area contributed by atoms with Crippen LogP contribution in [0.4, 0.5) is 11.4 Å². The van der Waals surface area contributed by atoms with Crippen molar-refractivity contribution in [2.24, 2.45) is 0 Å². The van der Waals surface area contributed by atoms with Crippen molar-refractivity contribution in [2.75, 3.05) is 42.1 Å². The van der Waals surface area contributed by atoms with Crippen LogP contribution < -0.4 is 10.2 Å². The van der Waals surface area contributed by atoms with Gasteiger partial charge in [-0.3, -0.25) is 9.59 Å². The molecule has 0 radical (unpaired) electrons. The first-order valence-corrected chi connectivity index (χ1v) is 14.0. The summed E-state index contributed by atoms with van der Waals surface area (Å²) in [5.74, 6) is 0.338. The van der Waals surface area contributed by atoms with Gasteiger partial charge in [0, 0.05) is 47.6 Å². The summed E-state index contributed by atoms with van der Waals surface area (Å²) in [6.07, 6.45) is 0. The minimum Gasteiger partial charge on any atom is -0.411 e. The molecule has 0 unspecified atom stereocenters. The fraction of sp³-hybridized carbons (Fsp3) is 0.185. The molecular formula is C27H23BrClN5O3S. The van der Waals surface area contributed by atoms with Gasteiger partial charge in [-0.15, -0.1) is 10.2 Å². The second-order valence-corrected chi connectivity index (χ2v) is 10.8. The van der Waals surface area contributed by atoms with Crippen LogP contribution in [0, 0.1) is 0 Å². The SMILES string of the molecule is O=C(CSc1nnc(-c2ccc(Br)cc2)o1)Nc1ccc(N2CCN(C(=O)c3ccccc3Cl)CC2)cc1. The number of carbonyl (C=O) groups excluding carboxylic acids is 2. The van der Waals surface area contributed by atoms with Crippen LogP contribution >= 0.6 is 39.3 Å². The van der Waals surface area contributed by atoms with E-state index in [1.807, 2.05) is 65.6 Å². The number of carbonyl (C=O) groups is 2. The monoisotopic (exact) mass is 611 g/mol. The molecule has 0 atom stereocenters. The lowest BCUT2D eigenvalue weighted by atomic mass is 10.1. The Balaban J connectivity index is 1.09. The Morgan fingerprint density at radius 3 is 2.37 bits per heavy atom. The van der Waals surface area contributed by atoms with Crippen LogP contribution in [0.15, 0.2) is 86.9 Å². The Kier molecular flexibility index (Phi) is 8.31. The molecule has 11 heteroatoms. The van der Waals surface area contributed by atoms with Gasteiger partial charge >= 0.3 is 0 Å². The molecule has 38 heavy (non-hydrogen) atoms. The summed E-state index contributed by atoms with van der Waals surface area (Å²) in [6, 6.07) is 22.4. The van der Waals surface area contributed by atoms with E-state index in [-0.39, 0.29) is 17.6 Å². The predicted molar refractivity (Wildman–Crippen MR) is 153 cm³/mol. The number of aromatic nitrogens is 2. The molecule has 1 N–H and O–H groups in total. The predicted octanol–water partition coefficient (Wildman–Crippen LogP) is 5.85. The zero-order valence-electron chi connectivity index (χ0n) is 20.1. The van der Waals surface area contributed by atoms with E-state index in [0.29, 0.717) is 53.6 Å². The number of benzene rings is 3. The van der Waals surface area contributed by atoms with E-state index in [2.05, 4.69) is 36.3 Å². The third kappa shape index (κ3) is 6.38. The fourth-order valence-electron chi connectivity index (χ4n) is 4.03. The molecule has 2 amide bonds. The molecule has 1 aromatic heterocycles. The van der Waals surface area contributed by atoms with Gasteiger partial charge in [0.2, 0.25) is 11.8 Å². The number of rotatable bonds is 7. The summed E-state index contributed by atoms with van der Waals surface area (Å²) in [7, 11) is 0. The summed E-state index contributed by atoms with van der Waals surface area (Å²) in [5, 5.41) is 11.8. The second-order valence-electron chi connectivity index (χ2n) is 8.52. The number of piperazine rings is 1. The molecule has 2 heterocycles. The summed E-state index contributed by atoms with van der Waals surface area (Å²) in [6.45, 7) is 2.65. The van der Waals surface area contributed by atoms with Gasteiger partial charge < -0.3 is 19.5 Å². The Morgan fingerprint density at radius 1 is 0.947 bits per heavy atom. The van der Waals surface area contributed by atoms with Crippen molar-refractivity contribution >= 4 is 62.5 Å². The number of hydrogen-bond acceptors (Lipinski definition) is 7. The molecule has 1 saturated heterocycles. The van der Waals surface area contributed by atoms with Gasteiger partial charge in [-0.25, -0.2) is 0 Å². The van der Waals surface area contributed by atoms with Crippen molar-refractivity contribution in [3.63, 3.8) is 0 Å². The molecular weight excluding hydrogens is 590 g/mol. The second kappa shape index (κ2) is 12.0. The summed E-state index contributed by atoms with van der Waals surface area (Å²) in [5.41, 5.74) is 3.08. The number of anilines is 2. The Morgan fingerprint density at radius 2 is 1.66 bits per heavy atom. The van der Waals surface area contributed by atoms with Crippen molar-refractivity contribution in [3.05, 3.63) is 87.9 Å². The third-order valence-corrected chi connectivity index (χ3v) is 7.69. The quantitative estimate of drug-likeness (QED) is 0.262. The maximum absolute atomic E-state index is 12.8. The lowest BCUT2D eigenvalue weighted by Crippen LogP contribution is -2.48. The molecule has 1 aliphatic heterocycles. The van der Waals surface area contributed by atoms with Crippen LogP contribution in [-0.2, 0) is 4.79 Å². The van der Waals surface area contributed by atoms with Gasteiger partial charge in [0.25, 0.3) is 11.1 Å². The molecule has 0 spiro atoms. The van der Waals surface area contributed by atoms with Gasteiger partial charge in [0.15, 0.2) is 0 Å². The molecule has 0 aliphatic carbocycles. The molecule has 0 saturated carbocycles. The summed E-state index contributed by atoms with van der Waals surface area (Å²) < 4.78 is 6.62. The number of thioether (sulfide) groups is 1. The zero-order valence-corrected chi connectivity index (χ0v) is 23.3. The first-order chi connectivity index (χ1) is 18.5. The van der Waals surface area contributed by atoms with E-state index in [1.54, 1.807) is 12.1 Å². The van der Waals surface area contributed by atoms with E-state index >= 15 is 0 Å². The first kappa shape index (κ1) is 26.3. The average molecular weight is 613 g/mol. The van der Waals surface area contributed by atoms with Crippen molar-refractivity contribution in [1.29, 1.82) is 0 Å². The van der Waals surface area contributed by atoms with Gasteiger partial charge in [-0.1, -0.05) is 51.4 Å². The van der Waals surface area contributed by atoms with Crippen LogP contribution in [0.25, 0.3) is 11.5 Å². The molecule has 1 aliphatic rings. The summed E-state index contributed by atoms with van der Waals surface area (Å²) in [4.78, 5) is 29.3. The highest BCUT2D eigenvalue weighted by molar-refractivity contribution is 9.10. The Bertz CT molecular complexity index is 1420.